The first-order chi connectivity index (χ1) is 7.72. The van der Waals surface area contributed by atoms with E-state index in [0.29, 0.717) is 10.0 Å². The van der Waals surface area contributed by atoms with Gasteiger partial charge in [-0.15, -0.1) is 6.42 Å². The number of halogens is 2. The Kier molecular flexibility index (Phi) is 3.14. The van der Waals surface area contributed by atoms with Gasteiger partial charge in [0.25, 0.3) is 0 Å². The Morgan fingerprint density at radius 2 is 1.94 bits per heavy atom. The summed E-state index contributed by atoms with van der Waals surface area (Å²) < 4.78 is 0. The van der Waals surface area contributed by atoms with E-state index in [0.717, 1.165) is 16.7 Å². The SMILES string of the molecule is C#Cc1ccncc1-c1cc(Cl)ccc1Cl. The normalized spacial score (nSPS) is 9.81. The number of aromatic nitrogens is 1. The Morgan fingerprint density at radius 3 is 2.69 bits per heavy atom. The molecule has 0 unspecified atom stereocenters. The quantitative estimate of drug-likeness (QED) is 0.694. The maximum Gasteiger partial charge on any atom is 0.0486 e. The standard InChI is InChI=1S/C13H7Cl2N/c1-2-9-5-6-16-8-12(9)11-7-10(14)3-4-13(11)15/h1,3-8H. The van der Waals surface area contributed by atoms with Crippen molar-refractivity contribution < 1.29 is 0 Å². The van der Waals surface area contributed by atoms with Crippen LogP contribution in [-0.4, -0.2) is 4.98 Å². The monoisotopic (exact) mass is 247 g/mol. The summed E-state index contributed by atoms with van der Waals surface area (Å²) in [6.07, 6.45) is 8.76. The van der Waals surface area contributed by atoms with Gasteiger partial charge in [-0.25, -0.2) is 0 Å². The summed E-state index contributed by atoms with van der Waals surface area (Å²) in [4.78, 5) is 4.04. The Hall–Kier alpha value is -1.49. The van der Waals surface area contributed by atoms with Crippen molar-refractivity contribution >= 4 is 23.2 Å². The lowest BCUT2D eigenvalue weighted by atomic mass is 10.0. The molecule has 0 amide bonds. The Bertz CT molecular complexity index is 570. The van der Waals surface area contributed by atoms with Crippen LogP contribution in [0.2, 0.25) is 10.0 Å². The minimum atomic E-state index is 0.605. The molecule has 0 atom stereocenters. The largest absolute Gasteiger partial charge is 0.264 e. The maximum absolute atomic E-state index is 6.10. The molecule has 0 saturated heterocycles. The molecule has 0 aliphatic carbocycles. The molecule has 0 radical (unpaired) electrons. The van der Waals surface area contributed by atoms with E-state index >= 15 is 0 Å². The molecule has 0 saturated carbocycles. The summed E-state index contributed by atoms with van der Waals surface area (Å²) in [5, 5.41) is 1.22. The zero-order chi connectivity index (χ0) is 11.5. The van der Waals surface area contributed by atoms with Gasteiger partial charge in [0.1, 0.15) is 0 Å². The molecule has 2 aromatic rings. The first-order valence-corrected chi connectivity index (χ1v) is 5.34. The van der Waals surface area contributed by atoms with Crippen LogP contribution in [-0.2, 0) is 0 Å². The smallest absolute Gasteiger partial charge is 0.0486 e. The first-order valence-electron chi connectivity index (χ1n) is 4.58. The topological polar surface area (TPSA) is 12.9 Å². The average molecular weight is 248 g/mol. The van der Waals surface area contributed by atoms with Gasteiger partial charge in [0, 0.05) is 39.1 Å². The number of benzene rings is 1. The fraction of sp³-hybridized carbons (Fsp3) is 0. The van der Waals surface area contributed by atoms with E-state index in [1.807, 2.05) is 0 Å². The highest BCUT2D eigenvalue weighted by Gasteiger charge is 2.08. The van der Waals surface area contributed by atoms with E-state index in [4.69, 9.17) is 29.6 Å². The molecule has 78 valence electrons. The van der Waals surface area contributed by atoms with Crippen LogP contribution in [0.5, 0.6) is 0 Å². The van der Waals surface area contributed by atoms with Crippen LogP contribution in [0.15, 0.2) is 36.7 Å². The van der Waals surface area contributed by atoms with Crippen LogP contribution >= 0.6 is 23.2 Å². The summed E-state index contributed by atoms with van der Waals surface area (Å²) in [6.45, 7) is 0. The van der Waals surface area contributed by atoms with Crippen LogP contribution in [0.1, 0.15) is 5.56 Å². The minimum Gasteiger partial charge on any atom is -0.264 e. The van der Waals surface area contributed by atoms with Gasteiger partial charge in [0.05, 0.1) is 0 Å². The third kappa shape index (κ3) is 2.04. The number of nitrogens with zero attached hydrogens (tertiary/aromatic N) is 1. The molecular formula is C13H7Cl2N. The maximum atomic E-state index is 6.10. The zero-order valence-electron chi connectivity index (χ0n) is 8.24. The molecule has 1 nitrogen and oxygen atoms in total. The predicted molar refractivity (Wildman–Crippen MR) is 67.6 cm³/mol. The fourth-order valence-corrected chi connectivity index (χ4v) is 1.83. The van der Waals surface area contributed by atoms with Gasteiger partial charge in [-0.05, 0) is 24.3 Å². The number of terminal acetylenes is 1. The van der Waals surface area contributed by atoms with Gasteiger partial charge in [-0.2, -0.15) is 0 Å². The molecule has 16 heavy (non-hydrogen) atoms. The number of rotatable bonds is 1. The Labute approximate surface area is 104 Å². The van der Waals surface area contributed by atoms with E-state index in [1.54, 1.807) is 36.7 Å². The summed E-state index contributed by atoms with van der Waals surface area (Å²) in [6, 6.07) is 7.03. The van der Waals surface area contributed by atoms with Crippen molar-refractivity contribution in [1.82, 2.24) is 4.98 Å². The van der Waals surface area contributed by atoms with E-state index in [9.17, 15) is 0 Å². The van der Waals surface area contributed by atoms with Crippen molar-refractivity contribution in [2.24, 2.45) is 0 Å². The van der Waals surface area contributed by atoms with Gasteiger partial charge in [0.2, 0.25) is 0 Å². The lowest BCUT2D eigenvalue weighted by Crippen LogP contribution is -1.87. The Balaban J connectivity index is 2.68. The van der Waals surface area contributed by atoms with Crippen molar-refractivity contribution in [1.29, 1.82) is 0 Å². The zero-order valence-corrected chi connectivity index (χ0v) is 9.76. The summed E-state index contributed by atoms with van der Waals surface area (Å²) in [5.74, 6) is 2.60. The number of hydrogen-bond acceptors (Lipinski definition) is 1. The fourth-order valence-electron chi connectivity index (χ4n) is 1.44. The first kappa shape index (κ1) is 11.0. The summed E-state index contributed by atoms with van der Waals surface area (Å²) in [5.41, 5.74) is 2.37. The molecule has 3 heteroatoms. The average Bonchev–Trinajstić information content (AvgIpc) is 2.32. The van der Waals surface area contributed by atoms with Crippen molar-refractivity contribution in [3.8, 4) is 23.5 Å². The molecule has 1 aromatic heterocycles. The molecular weight excluding hydrogens is 241 g/mol. The van der Waals surface area contributed by atoms with E-state index in [1.165, 1.54) is 0 Å². The third-order valence-corrected chi connectivity index (χ3v) is 2.76. The van der Waals surface area contributed by atoms with E-state index in [2.05, 4.69) is 10.9 Å². The molecule has 0 spiro atoms. The second-order valence-corrected chi connectivity index (χ2v) is 4.03. The van der Waals surface area contributed by atoms with Crippen LogP contribution < -0.4 is 0 Å². The Morgan fingerprint density at radius 1 is 1.12 bits per heavy atom. The second-order valence-electron chi connectivity index (χ2n) is 3.19. The van der Waals surface area contributed by atoms with Crippen molar-refractivity contribution in [3.63, 3.8) is 0 Å². The van der Waals surface area contributed by atoms with Crippen LogP contribution in [0.3, 0.4) is 0 Å². The highest BCUT2D eigenvalue weighted by molar-refractivity contribution is 6.35. The van der Waals surface area contributed by atoms with Gasteiger partial charge in [-0.1, -0.05) is 29.1 Å². The van der Waals surface area contributed by atoms with Crippen LogP contribution in [0.4, 0.5) is 0 Å². The van der Waals surface area contributed by atoms with E-state index in [-0.39, 0.29) is 0 Å². The predicted octanol–water partition coefficient (Wildman–Crippen LogP) is 4.04. The van der Waals surface area contributed by atoms with Crippen molar-refractivity contribution in [3.05, 3.63) is 52.3 Å². The molecule has 2 rings (SSSR count). The number of pyridine rings is 1. The van der Waals surface area contributed by atoms with Crippen LogP contribution in [0.25, 0.3) is 11.1 Å². The molecule has 1 heterocycles. The van der Waals surface area contributed by atoms with Gasteiger partial charge < -0.3 is 0 Å². The third-order valence-electron chi connectivity index (χ3n) is 2.20. The number of hydrogen-bond donors (Lipinski definition) is 0. The molecule has 0 bridgehead atoms. The minimum absolute atomic E-state index is 0.605. The molecule has 1 aromatic carbocycles. The van der Waals surface area contributed by atoms with Crippen LogP contribution in [0, 0.1) is 12.3 Å². The molecule has 0 aliphatic heterocycles. The van der Waals surface area contributed by atoms with Crippen molar-refractivity contribution in [2.45, 2.75) is 0 Å². The molecule has 0 aliphatic rings. The van der Waals surface area contributed by atoms with Gasteiger partial charge >= 0.3 is 0 Å². The molecule has 0 fully saturated rings. The lowest BCUT2D eigenvalue weighted by molar-refractivity contribution is 1.32. The highest BCUT2D eigenvalue weighted by Crippen LogP contribution is 2.31. The lowest BCUT2D eigenvalue weighted by Gasteiger charge is -2.06. The second kappa shape index (κ2) is 4.57. The van der Waals surface area contributed by atoms with Crippen molar-refractivity contribution in [2.75, 3.05) is 0 Å². The van der Waals surface area contributed by atoms with Gasteiger partial charge in [0.15, 0.2) is 0 Å². The van der Waals surface area contributed by atoms with Gasteiger partial charge in [-0.3, -0.25) is 4.98 Å². The highest BCUT2D eigenvalue weighted by atomic mass is 35.5. The summed E-state index contributed by atoms with van der Waals surface area (Å²) in [7, 11) is 0. The summed E-state index contributed by atoms with van der Waals surface area (Å²) >= 11 is 12.0. The molecule has 0 N–H and O–H groups in total. The van der Waals surface area contributed by atoms with E-state index < -0.39 is 0 Å².